The molecule has 1 heterocycles. The van der Waals surface area contributed by atoms with E-state index in [1.807, 2.05) is 79.1 Å². The van der Waals surface area contributed by atoms with Crippen molar-refractivity contribution in [1.82, 2.24) is 19.1 Å². The van der Waals surface area contributed by atoms with E-state index in [-0.39, 0.29) is 16.6 Å². The molecule has 0 saturated carbocycles. The van der Waals surface area contributed by atoms with Crippen LogP contribution in [0.1, 0.15) is 45.6 Å². The Hall–Kier alpha value is -3.47. The van der Waals surface area contributed by atoms with Gasteiger partial charge in [-0.3, -0.25) is 9.36 Å². The highest BCUT2D eigenvalue weighted by atomic mass is 32.2. The van der Waals surface area contributed by atoms with Crippen LogP contribution < -0.4 is 5.32 Å². The SMILES string of the molecule is CC[C@@H](C)c1ccccc1NC(=O)CSc1nnc(-c2cccc(S(=O)(=O)N(CC)CC)c2)n1-c1ccccc1. The summed E-state index contributed by atoms with van der Waals surface area (Å²) >= 11 is 1.28. The zero-order valence-electron chi connectivity index (χ0n) is 23.2. The van der Waals surface area contributed by atoms with E-state index in [2.05, 4.69) is 29.4 Å². The van der Waals surface area contributed by atoms with Gasteiger partial charge in [-0.2, -0.15) is 4.31 Å². The summed E-state index contributed by atoms with van der Waals surface area (Å²) in [4.78, 5) is 13.2. The number of sulfonamides is 1. The fourth-order valence-electron chi connectivity index (χ4n) is 4.45. The number of carbonyl (C=O) groups is 1. The molecule has 0 saturated heterocycles. The van der Waals surface area contributed by atoms with E-state index in [1.54, 1.807) is 18.2 Å². The van der Waals surface area contributed by atoms with Crippen LogP contribution in [0.15, 0.2) is 88.9 Å². The first-order chi connectivity index (χ1) is 19.3. The Balaban J connectivity index is 1.64. The predicted molar refractivity (Wildman–Crippen MR) is 161 cm³/mol. The van der Waals surface area contributed by atoms with E-state index >= 15 is 0 Å². The van der Waals surface area contributed by atoms with Gasteiger partial charge >= 0.3 is 0 Å². The molecule has 0 aliphatic rings. The zero-order valence-corrected chi connectivity index (χ0v) is 24.9. The van der Waals surface area contributed by atoms with Crippen molar-refractivity contribution in [2.75, 3.05) is 24.2 Å². The molecule has 0 unspecified atom stereocenters. The van der Waals surface area contributed by atoms with Crippen LogP contribution in [-0.4, -0.2) is 52.2 Å². The van der Waals surface area contributed by atoms with Crippen molar-refractivity contribution in [2.45, 2.75) is 50.1 Å². The van der Waals surface area contributed by atoms with Gasteiger partial charge in [0.25, 0.3) is 0 Å². The predicted octanol–water partition coefficient (Wildman–Crippen LogP) is 6.21. The molecule has 10 heteroatoms. The highest BCUT2D eigenvalue weighted by Gasteiger charge is 2.24. The monoisotopic (exact) mass is 577 g/mol. The number of carbonyl (C=O) groups excluding carboxylic acids is 1. The van der Waals surface area contributed by atoms with Gasteiger partial charge in [-0.05, 0) is 48.2 Å². The summed E-state index contributed by atoms with van der Waals surface area (Å²) in [6, 6.07) is 24.2. The van der Waals surface area contributed by atoms with E-state index in [0.717, 1.165) is 23.4 Å². The number of aromatic nitrogens is 3. The number of nitrogens with one attached hydrogen (secondary N) is 1. The van der Waals surface area contributed by atoms with Gasteiger partial charge in [-0.1, -0.05) is 88.0 Å². The van der Waals surface area contributed by atoms with Crippen molar-refractivity contribution < 1.29 is 13.2 Å². The van der Waals surface area contributed by atoms with E-state index in [0.29, 0.717) is 35.6 Å². The molecule has 1 N–H and O–H groups in total. The molecule has 3 aromatic carbocycles. The largest absolute Gasteiger partial charge is 0.325 e. The van der Waals surface area contributed by atoms with Crippen LogP contribution in [0, 0.1) is 0 Å². The van der Waals surface area contributed by atoms with Gasteiger partial charge < -0.3 is 5.32 Å². The number of hydrogen-bond donors (Lipinski definition) is 1. The van der Waals surface area contributed by atoms with E-state index in [9.17, 15) is 13.2 Å². The molecule has 0 spiro atoms. The Bertz CT molecular complexity index is 1550. The van der Waals surface area contributed by atoms with Gasteiger partial charge in [0.05, 0.1) is 10.6 Å². The minimum Gasteiger partial charge on any atom is -0.325 e. The third-order valence-electron chi connectivity index (χ3n) is 6.79. The molecule has 1 amide bonds. The summed E-state index contributed by atoms with van der Waals surface area (Å²) in [5.74, 6) is 0.815. The van der Waals surface area contributed by atoms with E-state index in [1.165, 1.54) is 16.1 Å². The number of thioether (sulfide) groups is 1. The van der Waals surface area contributed by atoms with Gasteiger partial charge in [0, 0.05) is 30.0 Å². The highest BCUT2D eigenvalue weighted by Crippen LogP contribution is 2.31. The third kappa shape index (κ3) is 6.46. The molecule has 0 radical (unpaired) electrons. The molecule has 8 nitrogen and oxygen atoms in total. The average Bonchev–Trinajstić information content (AvgIpc) is 3.41. The summed E-state index contributed by atoms with van der Waals surface area (Å²) < 4.78 is 29.6. The molecule has 210 valence electrons. The number of amides is 1. The van der Waals surface area contributed by atoms with Gasteiger partial charge in [0.2, 0.25) is 15.9 Å². The topological polar surface area (TPSA) is 97.2 Å². The molecular weight excluding hydrogens is 542 g/mol. The smallest absolute Gasteiger partial charge is 0.243 e. The molecule has 4 rings (SSSR count). The molecule has 1 aromatic heterocycles. The highest BCUT2D eigenvalue weighted by molar-refractivity contribution is 7.99. The standard InChI is InChI=1S/C30H35N5O3S2/c1-5-22(4)26-18-11-12-19-27(26)31-28(36)21-39-30-33-32-29(35(30)24-15-9-8-10-16-24)23-14-13-17-25(20-23)40(37,38)34(6-2)7-3/h8-20,22H,5-7,21H2,1-4H3,(H,31,36)/t22-/m1/s1. The lowest BCUT2D eigenvalue weighted by Gasteiger charge is -2.19. The van der Waals surface area contributed by atoms with Crippen LogP contribution in [0.4, 0.5) is 5.69 Å². The van der Waals surface area contributed by atoms with Gasteiger partial charge in [-0.25, -0.2) is 8.42 Å². The van der Waals surface area contributed by atoms with Crippen LogP contribution in [0.25, 0.3) is 17.1 Å². The van der Waals surface area contributed by atoms with Gasteiger partial charge in [-0.15, -0.1) is 10.2 Å². The second-order valence-electron chi connectivity index (χ2n) is 9.33. The van der Waals surface area contributed by atoms with Crippen LogP contribution in [-0.2, 0) is 14.8 Å². The van der Waals surface area contributed by atoms with Gasteiger partial charge in [0.1, 0.15) is 0 Å². The quantitative estimate of drug-likeness (QED) is 0.201. The van der Waals surface area contributed by atoms with Crippen LogP contribution in [0.5, 0.6) is 0 Å². The lowest BCUT2D eigenvalue weighted by atomic mass is 9.97. The Kier molecular flexibility index (Phi) is 9.78. The average molecular weight is 578 g/mol. The maximum atomic E-state index is 13.2. The molecule has 1 atom stereocenters. The number of benzene rings is 3. The molecular formula is C30H35N5O3S2. The lowest BCUT2D eigenvalue weighted by Crippen LogP contribution is -2.30. The maximum absolute atomic E-state index is 13.2. The van der Waals surface area contributed by atoms with Crippen molar-refractivity contribution in [3.05, 3.63) is 84.4 Å². The number of nitrogens with zero attached hydrogens (tertiary/aromatic N) is 4. The third-order valence-corrected chi connectivity index (χ3v) is 9.77. The fourth-order valence-corrected chi connectivity index (χ4v) is 6.70. The molecule has 0 aliphatic carbocycles. The molecule has 0 fully saturated rings. The summed E-state index contributed by atoms with van der Waals surface area (Å²) in [5, 5.41) is 12.4. The lowest BCUT2D eigenvalue weighted by molar-refractivity contribution is -0.113. The van der Waals surface area contributed by atoms with Crippen LogP contribution >= 0.6 is 11.8 Å². The zero-order chi connectivity index (χ0) is 28.7. The first kappa shape index (κ1) is 29.5. The first-order valence-corrected chi connectivity index (χ1v) is 15.9. The van der Waals surface area contributed by atoms with Crippen molar-refractivity contribution in [2.24, 2.45) is 0 Å². The van der Waals surface area contributed by atoms with Crippen molar-refractivity contribution in [1.29, 1.82) is 0 Å². The Labute approximate surface area is 240 Å². The maximum Gasteiger partial charge on any atom is 0.243 e. The summed E-state index contributed by atoms with van der Waals surface area (Å²) in [6.45, 7) is 8.68. The number of rotatable bonds is 12. The molecule has 0 bridgehead atoms. The van der Waals surface area contributed by atoms with E-state index in [4.69, 9.17) is 0 Å². The van der Waals surface area contributed by atoms with E-state index < -0.39 is 10.0 Å². The normalized spacial score (nSPS) is 12.4. The van der Waals surface area contributed by atoms with Crippen molar-refractivity contribution in [3.8, 4) is 17.1 Å². The second kappa shape index (κ2) is 13.3. The van der Waals surface area contributed by atoms with Crippen molar-refractivity contribution in [3.63, 3.8) is 0 Å². The number of para-hydroxylation sites is 2. The first-order valence-electron chi connectivity index (χ1n) is 13.4. The van der Waals surface area contributed by atoms with Crippen LogP contribution in [0.2, 0.25) is 0 Å². The number of anilines is 1. The molecule has 40 heavy (non-hydrogen) atoms. The molecule has 4 aromatic rings. The minimum absolute atomic E-state index is 0.135. The molecule has 0 aliphatic heterocycles. The van der Waals surface area contributed by atoms with Crippen LogP contribution in [0.3, 0.4) is 0 Å². The van der Waals surface area contributed by atoms with Gasteiger partial charge in [0.15, 0.2) is 11.0 Å². The summed E-state index contributed by atoms with van der Waals surface area (Å²) in [7, 11) is -3.65. The second-order valence-corrected chi connectivity index (χ2v) is 12.2. The minimum atomic E-state index is -3.65. The Morgan fingerprint density at radius 2 is 1.65 bits per heavy atom. The van der Waals surface area contributed by atoms with Crippen molar-refractivity contribution >= 4 is 33.4 Å². The summed E-state index contributed by atoms with van der Waals surface area (Å²) in [5.41, 5.74) is 3.35. The summed E-state index contributed by atoms with van der Waals surface area (Å²) in [6.07, 6.45) is 0.974. The Morgan fingerprint density at radius 3 is 2.35 bits per heavy atom. The number of hydrogen-bond acceptors (Lipinski definition) is 6. The fraction of sp³-hybridized carbons (Fsp3) is 0.300. The Morgan fingerprint density at radius 1 is 0.950 bits per heavy atom.